The molecule has 2 aromatic carbocycles. The third-order valence-electron chi connectivity index (χ3n) is 7.03. The second-order valence-corrected chi connectivity index (χ2v) is 9.35. The van der Waals surface area contributed by atoms with Crippen LogP contribution < -0.4 is 10.1 Å². The second-order valence-electron chi connectivity index (χ2n) is 9.35. The molecule has 184 valence electrons. The summed E-state index contributed by atoms with van der Waals surface area (Å²) in [6.45, 7) is 0. The Hall–Kier alpha value is -4.45. The Kier molecular flexibility index (Phi) is 6.15. The zero-order chi connectivity index (χ0) is 25.2. The van der Waals surface area contributed by atoms with Gasteiger partial charge in [0.25, 0.3) is 5.91 Å². The van der Waals surface area contributed by atoms with E-state index in [1.54, 1.807) is 24.2 Å². The number of carbonyl (C=O) groups is 1. The van der Waals surface area contributed by atoms with Crippen LogP contribution in [0.5, 0.6) is 5.75 Å². The average molecular weight is 489 g/mol. The van der Waals surface area contributed by atoms with E-state index in [0.717, 1.165) is 64.5 Å². The van der Waals surface area contributed by atoms with Crippen molar-refractivity contribution in [3.05, 3.63) is 108 Å². The van der Waals surface area contributed by atoms with Crippen LogP contribution in [0.25, 0.3) is 22.4 Å². The van der Waals surface area contributed by atoms with Gasteiger partial charge in [-0.2, -0.15) is 9.78 Å². The molecule has 37 heavy (non-hydrogen) atoms. The van der Waals surface area contributed by atoms with Crippen LogP contribution in [0.2, 0.25) is 0 Å². The van der Waals surface area contributed by atoms with E-state index in [1.807, 2.05) is 54.6 Å². The van der Waals surface area contributed by atoms with Crippen molar-refractivity contribution in [1.29, 1.82) is 0 Å². The molecule has 0 atom stereocenters. The molecule has 1 N–H and O–H groups in total. The number of carbonyl (C=O) groups excluding carboxylic acids is 1. The number of rotatable bonds is 6. The van der Waals surface area contributed by atoms with Crippen LogP contribution in [0.15, 0.2) is 90.9 Å². The van der Waals surface area contributed by atoms with E-state index in [0.29, 0.717) is 12.0 Å². The molecule has 6 heteroatoms. The minimum Gasteiger partial charge on any atom is -0.497 e. The van der Waals surface area contributed by atoms with Crippen LogP contribution in [-0.4, -0.2) is 27.8 Å². The van der Waals surface area contributed by atoms with Crippen molar-refractivity contribution in [2.75, 3.05) is 12.4 Å². The lowest BCUT2D eigenvalue weighted by Gasteiger charge is -2.24. The first-order valence-corrected chi connectivity index (χ1v) is 12.7. The predicted octanol–water partition coefficient (Wildman–Crippen LogP) is 6.63. The van der Waals surface area contributed by atoms with Crippen LogP contribution in [0, 0.1) is 0 Å². The topological polar surface area (TPSA) is 69.0 Å². The molecule has 1 aliphatic carbocycles. The van der Waals surface area contributed by atoms with Crippen molar-refractivity contribution in [3.63, 3.8) is 0 Å². The quantitative estimate of drug-likeness (QED) is 0.330. The zero-order valence-corrected chi connectivity index (χ0v) is 20.8. The number of hydrogen-bond donors (Lipinski definition) is 1. The van der Waals surface area contributed by atoms with E-state index in [-0.39, 0.29) is 5.91 Å². The van der Waals surface area contributed by atoms with E-state index in [4.69, 9.17) is 9.84 Å². The van der Waals surface area contributed by atoms with Crippen molar-refractivity contribution in [1.82, 2.24) is 14.8 Å². The van der Waals surface area contributed by atoms with Crippen LogP contribution in [0.4, 0.5) is 5.69 Å². The highest BCUT2D eigenvalue weighted by atomic mass is 16.5. The smallest absolute Gasteiger partial charge is 0.280 e. The molecule has 0 saturated carbocycles. The lowest BCUT2D eigenvalue weighted by molar-refractivity contribution is 0.0958. The van der Waals surface area contributed by atoms with E-state index >= 15 is 0 Å². The van der Waals surface area contributed by atoms with Crippen molar-refractivity contribution >= 4 is 22.7 Å². The van der Waals surface area contributed by atoms with Crippen LogP contribution in [0.3, 0.4) is 0 Å². The van der Waals surface area contributed by atoms with Gasteiger partial charge in [0.2, 0.25) is 0 Å². The summed E-state index contributed by atoms with van der Waals surface area (Å²) in [5.41, 5.74) is 8.30. The summed E-state index contributed by atoms with van der Waals surface area (Å²) in [5.74, 6) is 0.602. The Morgan fingerprint density at radius 2 is 1.78 bits per heavy atom. The summed E-state index contributed by atoms with van der Waals surface area (Å²) in [7, 11) is 1.64. The number of nitrogens with zero attached hydrogens (tertiary/aromatic N) is 3. The first-order valence-electron chi connectivity index (χ1n) is 12.7. The molecule has 3 heterocycles. The van der Waals surface area contributed by atoms with Crippen LogP contribution in [0.1, 0.15) is 47.3 Å². The molecule has 0 saturated heterocycles. The van der Waals surface area contributed by atoms with Crippen LogP contribution in [-0.2, 0) is 6.42 Å². The summed E-state index contributed by atoms with van der Waals surface area (Å²) >= 11 is 0. The number of fused-ring (bicyclic) bond motifs is 1. The Bertz CT molecular complexity index is 1500. The summed E-state index contributed by atoms with van der Waals surface area (Å²) in [6.07, 6.45) is 10.8. The van der Waals surface area contributed by atoms with Gasteiger partial charge in [0.05, 0.1) is 30.3 Å². The summed E-state index contributed by atoms with van der Waals surface area (Å²) in [4.78, 5) is 18.4. The van der Waals surface area contributed by atoms with Crippen molar-refractivity contribution < 1.29 is 9.53 Å². The molecule has 0 amide bonds. The number of nitrogens with one attached hydrogen (secondary N) is 1. The molecule has 0 radical (unpaired) electrons. The van der Waals surface area contributed by atoms with Gasteiger partial charge in [0.15, 0.2) is 0 Å². The molecular weight excluding hydrogens is 460 g/mol. The number of allylic oxidation sites excluding steroid dienone is 4. The van der Waals surface area contributed by atoms with Gasteiger partial charge in [-0.25, -0.2) is 0 Å². The van der Waals surface area contributed by atoms with E-state index in [9.17, 15) is 4.79 Å². The molecule has 2 aromatic heterocycles. The Balaban J connectivity index is 1.53. The molecule has 6 rings (SSSR count). The monoisotopic (exact) mass is 488 g/mol. The third kappa shape index (κ3) is 4.35. The van der Waals surface area contributed by atoms with Gasteiger partial charge >= 0.3 is 0 Å². The van der Waals surface area contributed by atoms with Crippen molar-refractivity contribution in [2.45, 2.75) is 32.1 Å². The Labute approximate surface area is 216 Å². The number of benzene rings is 2. The van der Waals surface area contributed by atoms with Gasteiger partial charge in [-0.15, -0.1) is 0 Å². The maximum Gasteiger partial charge on any atom is 0.280 e. The lowest BCUT2D eigenvalue weighted by atomic mass is 9.88. The van der Waals surface area contributed by atoms with E-state index in [2.05, 4.69) is 28.5 Å². The standard InChI is InChI=1S/C31H28N4O2/c1-37-25-16-14-22(15-17-25)28-26(33-24-13-8-18-32-20-24)19-27-29(21-9-4-2-5-10-21)30(34-35(27)31(28)36)23-11-6-3-7-12-23/h3,6-9,11-18,20,33H,2,4-5,10,19H2,1H3. The molecule has 0 fully saturated rings. The lowest BCUT2D eigenvalue weighted by Crippen LogP contribution is -2.27. The minimum atomic E-state index is -0.141. The van der Waals surface area contributed by atoms with E-state index < -0.39 is 0 Å². The highest BCUT2D eigenvalue weighted by Gasteiger charge is 2.33. The number of methoxy groups -OCH3 is 1. The SMILES string of the molecule is COc1ccc(C2=C(Nc3cccnc3)Cc3c(C4=CCCCC4)c(-c4ccccc4)nn3C2=O)cc1. The zero-order valence-electron chi connectivity index (χ0n) is 20.8. The maximum atomic E-state index is 14.2. The normalized spacial score (nSPS) is 15.3. The minimum absolute atomic E-state index is 0.141. The number of hydrogen-bond acceptors (Lipinski definition) is 5. The van der Waals surface area contributed by atoms with Gasteiger partial charge in [-0.05, 0) is 61.1 Å². The molecular formula is C31H28N4O2. The fourth-order valence-electron chi connectivity index (χ4n) is 5.25. The molecule has 2 aliphatic rings. The summed E-state index contributed by atoms with van der Waals surface area (Å²) in [5, 5.41) is 8.47. The predicted molar refractivity (Wildman–Crippen MR) is 146 cm³/mol. The van der Waals surface area contributed by atoms with Crippen molar-refractivity contribution in [2.24, 2.45) is 0 Å². The Morgan fingerprint density at radius 1 is 0.946 bits per heavy atom. The molecule has 0 unspecified atom stereocenters. The third-order valence-corrected chi connectivity index (χ3v) is 7.03. The molecule has 0 spiro atoms. The highest BCUT2D eigenvalue weighted by molar-refractivity contribution is 6.23. The van der Waals surface area contributed by atoms with Gasteiger partial charge in [0, 0.05) is 29.4 Å². The molecule has 6 nitrogen and oxygen atoms in total. The van der Waals surface area contributed by atoms with Crippen molar-refractivity contribution in [3.8, 4) is 17.0 Å². The number of pyridine rings is 1. The van der Waals surface area contributed by atoms with Gasteiger partial charge in [-0.1, -0.05) is 48.5 Å². The number of ether oxygens (including phenoxy) is 1. The summed E-state index contributed by atoms with van der Waals surface area (Å²) in [6, 6.07) is 21.6. The maximum absolute atomic E-state index is 14.2. The average Bonchev–Trinajstić information content (AvgIpc) is 3.35. The molecule has 0 bridgehead atoms. The highest BCUT2D eigenvalue weighted by Crippen LogP contribution is 2.40. The number of aromatic nitrogens is 3. The van der Waals surface area contributed by atoms with Gasteiger partial charge in [-0.3, -0.25) is 9.78 Å². The number of anilines is 1. The van der Waals surface area contributed by atoms with E-state index in [1.165, 1.54) is 12.0 Å². The first kappa shape index (κ1) is 23.0. The van der Waals surface area contributed by atoms with Crippen LogP contribution >= 0.6 is 0 Å². The fourth-order valence-corrected chi connectivity index (χ4v) is 5.25. The van der Waals surface area contributed by atoms with Gasteiger partial charge in [0.1, 0.15) is 11.4 Å². The molecule has 1 aliphatic heterocycles. The second kappa shape index (κ2) is 9.90. The largest absolute Gasteiger partial charge is 0.497 e. The Morgan fingerprint density at radius 3 is 2.49 bits per heavy atom. The fraction of sp³-hybridized carbons (Fsp3) is 0.194. The molecule has 4 aromatic rings. The summed E-state index contributed by atoms with van der Waals surface area (Å²) < 4.78 is 6.97. The first-order chi connectivity index (χ1) is 18.2. The van der Waals surface area contributed by atoms with Gasteiger partial charge < -0.3 is 10.1 Å².